The summed E-state index contributed by atoms with van der Waals surface area (Å²) in [4.78, 5) is 15.0. The molecule has 0 saturated carbocycles. The van der Waals surface area contributed by atoms with Crippen LogP contribution in [0.4, 0.5) is 0 Å². The van der Waals surface area contributed by atoms with Gasteiger partial charge in [0.1, 0.15) is 18.5 Å². The van der Waals surface area contributed by atoms with Crippen molar-refractivity contribution in [3.63, 3.8) is 0 Å². The van der Waals surface area contributed by atoms with Crippen molar-refractivity contribution in [3.05, 3.63) is 59.1 Å². The summed E-state index contributed by atoms with van der Waals surface area (Å²) in [5.41, 5.74) is 3.24. The molecule has 1 unspecified atom stereocenters. The van der Waals surface area contributed by atoms with Crippen LogP contribution < -0.4 is 4.74 Å². The molecule has 1 N–H and O–H groups in total. The van der Waals surface area contributed by atoms with Gasteiger partial charge < -0.3 is 14.7 Å². The predicted octanol–water partition coefficient (Wildman–Crippen LogP) is 3.87. The fraction of sp³-hybridized carbons (Fsp3) is 0.462. The number of nitrogens with zero attached hydrogens (tertiary/aromatic N) is 4. The third-order valence-electron chi connectivity index (χ3n) is 6.51. The van der Waals surface area contributed by atoms with Gasteiger partial charge in [0.15, 0.2) is 6.10 Å². The summed E-state index contributed by atoms with van der Waals surface area (Å²) >= 11 is 1.68. The van der Waals surface area contributed by atoms with Crippen molar-refractivity contribution in [2.45, 2.75) is 38.5 Å². The molecule has 2 aliphatic heterocycles. The molecule has 3 heterocycles. The first-order chi connectivity index (χ1) is 16.5. The summed E-state index contributed by atoms with van der Waals surface area (Å²) < 4.78 is 7.02. The summed E-state index contributed by atoms with van der Waals surface area (Å²) in [6.45, 7) is 8.76. The number of piperazine rings is 1. The third kappa shape index (κ3) is 5.58. The summed E-state index contributed by atoms with van der Waals surface area (Å²) in [5.74, 6) is 0.753. The maximum absolute atomic E-state index is 10.6. The van der Waals surface area contributed by atoms with Gasteiger partial charge in [0.25, 0.3) is 0 Å². The summed E-state index contributed by atoms with van der Waals surface area (Å²) in [6.07, 6.45) is 0.340. The Kier molecular flexibility index (Phi) is 7.10. The lowest BCUT2D eigenvalue weighted by molar-refractivity contribution is 0.0250. The average molecular weight is 481 g/mol. The van der Waals surface area contributed by atoms with E-state index in [1.807, 2.05) is 43.3 Å². The van der Waals surface area contributed by atoms with E-state index in [1.54, 1.807) is 11.3 Å². The highest BCUT2D eigenvalue weighted by Crippen LogP contribution is 2.28. The number of rotatable bonds is 8. The quantitative estimate of drug-likeness (QED) is 0.528. The molecule has 0 amide bonds. The van der Waals surface area contributed by atoms with E-state index in [0.29, 0.717) is 12.6 Å². The van der Waals surface area contributed by atoms with Gasteiger partial charge in [0.05, 0.1) is 20.9 Å². The van der Waals surface area contributed by atoms with E-state index in [4.69, 9.17) is 9.57 Å². The largest absolute Gasteiger partial charge is 0.491 e. The molecule has 0 bridgehead atoms. The smallest absolute Gasteiger partial charge is 0.157 e. The van der Waals surface area contributed by atoms with E-state index < -0.39 is 6.10 Å². The Balaban J connectivity index is 1.05. The number of aryl methyl sites for hydroxylation is 1. The maximum atomic E-state index is 10.6. The molecule has 7 nitrogen and oxygen atoms in total. The second kappa shape index (κ2) is 10.4. The second-order valence-electron chi connectivity index (χ2n) is 9.27. The third-order valence-corrected chi connectivity index (χ3v) is 7.46. The summed E-state index contributed by atoms with van der Waals surface area (Å²) in [6, 6.07) is 16.6. The van der Waals surface area contributed by atoms with Crippen LogP contribution in [-0.2, 0) is 4.84 Å². The highest BCUT2D eigenvalue weighted by atomic mass is 32.1. The Bertz CT molecular complexity index is 1140. The van der Waals surface area contributed by atoms with Gasteiger partial charge in [-0.15, -0.1) is 11.3 Å². The minimum Gasteiger partial charge on any atom is -0.491 e. The van der Waals surface area contributed by atoms with Crippen molar-refractivity contribution in [2.75, 3.05) is 39.3 Å². The summed E-state index contributed by atoms with van der Waals surface area (Å²) in [7, 11) is 0. The van der Waals surface area contributed by atoms with Crippen LogP contribution in [0, 0.1) is 6.92 Å². The molecule has 3 atom stereocenters. The van der Waals surface area contributed by atoms with Crippen LogP contribution in [0.1, 0.15) is 30.0 Å². The fourth-order valence-corrected chi connectivity index (χ4v) is 5.55. The molecule has 34 heavy (non-hydrogen) atoms. The second-order valence-corrected chi connectivity index (χ2v) is 10.5. The minimum atomic E-state index is -0.541. The molecular weight excluding hydrogens is 448 g/mol. The van der Waals surface area contributed by atoms with E-state index >= 15 is 0 Å². The zero-order valence-corrected chi connectivity index (χ0v) is 20.6. The van der Waals surface area contributed by atoms with E-state index in [1.165, 1.54) is 5.56 Å². The molecule has 2 aliphatic rings. The molecule has 1 fully saturated rings. The number of fused-ring (bicyclic) bond motifs is 1. The Morgan fingerprint density at radius 2 is 2.06 bits per heavy atom. The number of hydrogen-bond donors (Lipinski definition) is 1. The topological polar surface area (TPSA) is 70.4 Å². The molecular formula is C26H32N4O3S. The maximum Gasteiger partial charge on any atom is 0.157 e. The first-order valence-electron chi connectivity index (χ1n) is 11.9. The monoisotopic (exact) mass is 480 g/mol. The van der Waals surface area contributed by atoms with Crippen molar-refractivity contribution in [1.82, 2.24) is 14.8 Å². The number of oxime groups is 1. The minimum absolute atomic E-state index is 0.0327. The average Bonchev–Trinajstić information content (AvgIpc) is 3.45. The van der Waals surface area contributed by atoms with Crippen molar-refractivity contribution in [2.24, 2.45) is 5.16 Å². The number of thiazole rings is 1. The van der Waals surface area contributed by atoms with Gasteiger partial charge in [-0.1, -0.05) is 35.5 Å². The lowest BCUT2D eigenvalue weighted by Crippen LogP contribution is -2.54. The number of benzene rings is 2. The van der Waals surface area contributed by atoms with Crippen molar-refractivity contribution in [1.29, 1.82) is 0 Å². The Morgan fingerprint density at radius 3 is 2.88 bits per heavy atom. The van der Waals surface area contributed by atoms with E-state index in [9.17, 15) is 5.11 Å². The van der Waals surface area contributed by atoms with Gasteiger partial charge in [-0.2, -0.15) is 0 Å². The molecule has 1 aromatic heterocycles. The van der Waals surface area contributed by atoms with Gasteiger partial charge >= 0.3 is 0 Å². The van der Waals surface area contributed by atoms with Gasteiger partial charge in [-0.25, -0.2) is 4.98 Å². The molecule has 0 radical (unpaired) electrons. The molecule has 0 spiro atoms. The van der Waals surface area contributed by atoms with Gasteiger partial charge in [0.2, 0.25) is 0 Å². The SMILES string of the molecule is Cc1nc2cc(OC[C@H](O)CN3CCN(CC4=NOC(c5ccccc5)C4)C[C@@H]3C)ccc2s1. The van der Waals surface area contributed by atoms with Crippen LogP contribution in [-0.4, -0.2) is 77.1 Å². The lowest BCUT2D eigenvalue weighted by atomic mass is 10.0. The van der Waals surface area contributed by atoms with Crippen LogP contribution in [0.5, 0.6) is 5.75 Å². The van der Waals surface area contributed by atoms with Gasteiger partial charge in [-0.05, 0) is 31.5 Å². The molecule has 8 heteroatoms. The van der Waals surface area contributed by atoms with Gasteiger partial charge in [0, 0.05) is 51.3 Å². The number of hydrogen-bond acceptors (Lipinski definition) is 8. The number of ether oxygens (including phenoxy) is 1. The molecule has 3 aromatic rings. The normalized spacial score (nSPS) is 22.5. The lowest BCUT2D eigenvalue weighted by Gasteiger charge is -2.40. The summed E-state index contributed by atoms with van der Waals surface area (Å²) in [5, 5.41) is 16.0. The van der Waals surface area contributed by atoms with Crippen molar-refractivity contribution >= 4 is 27.3 Å². The number of aliphatic hydroxyl groups is 1. The number of β-amino-alcohol motifs (C(OH)–C–C–N with tert-alkyl or cyclic N) is 1. The number of aliphatic hydroxyl groups excluding tert-OH is 1. The van der Waals surface area contributed by atoms with E-state index in [0.717, 1.165) is 59.3 Å². The van der Waals surface area contributed by atoms with Crippen LogP contribution in [0.25, 0.3) is 10.2 Å². The van der Waals surface area contributed by atoms with Crippen LogP contribution in [0.15, 0.2) is 53.7 Å². The van der Waals surface area contributed by atoms with Gasteiger partial charge in [-0.3, -0.25) is 9.80 Å². The molecule has 5 rings (SSSR count). The van der Waals surface area contributed by atoms with Crippen LogP contribution in [0.2, 0.25) is 0 Å². The molecule has 2 aromatic carbocycles. The van der Waals surface area contributed by atoms with Crippen LogP contribution in [0.3, 0.4) is 0 Å². The Hall–Kier alpha value is -2.52. The van der Waals surface area contributed by atoms with E-state index in [2.05, 4.69) is 39.0 Å². The standard InChI is InChI=1S/C26H32N4O3S/c1-18-14-29(15-21-12-25(33-28-21)20-6-4-3-5-7-20)10-11-30(18)16-22(31)17-32-23-8-9-26-24(13-23)27-19(2)34-26/h3-9,13,18,22,25,31H,10-12,14-17H2,1-2H3/t18-,22+,25?/m0/s1. The fourth-order valence-electron chi connectivity index (χ4n) is 4.74. The zero-order chi connectivity index (χ0) is 23.5. The predicted molar refractivity (Wildman–Crippen MR) is 136 cm³/mol. The highest BCUT2D eigenvalue weighted by Gasteiger charge is 2.29. The van der Waals surface area contributed by atoms with Crippen LogP contribution >= 0.6 is 11.3 Å². The number of aromatic nitrogens is 1. The Morgan fingerprint density at radius 1 is 1.21 bits per heavy atom. The molecule has 1 saturated heterocycles. The van der Waals surface area contributed by atoms with Crippen molar-refractivity contribution < 1.29 is 14.7 Å². The highest BCUT2D eigenvalue weighted by molar-refractivity contribution is 7.18. The molecule has 0 aliphatic carbocycles. The first kappa shape index (κ1) is 23.2. The first-order valence-corrected chi connectivity index (χ1v) is 12.8. The molecule has 180 valence electrons. The van der Waals surface area contributed by atoms with Crippen molar-refractivity contribution in [3.8, 4) is 5.75 Å². The van der Waals surface area contributed by atoms with E-state index in [-0.39, 0.29) is 12.7 Å². The Labute approximate surface area is 204 Å². The zero-order valence-electron chi connectivity index (χ0n) is 19.8.